The molecule has 0 unspecified atom stereocenters. The van der Waals surface area contributed by atoms with Crippen molar-refractivity contribution in [1.82, 2.24) is 0 Å². The Morgan fingerprint density at radius 2 is 2.40 bits per heavy atom. The van der Waals surface area contributed by atoms with Crippen molar-refractivity contribution < 1.29 is 0 Å². The van der Waals surface area contributed by atoms with Crippen LogP contribution in [0.1, 0.15) is 0 Å². The molecular weight excluding hydrogens is 82.1 g/mol. The summed E-state index contributed by atoms with van der Waals surface area (Å²) in [6.07, 6.45) is 0. The third-order valence-corrected chi connectivity index (χ3v) is 0.493. The van der Waals surface area contributed by atoms with Gasteiger partial charge in [0.15, 0.2) is 0 Å². The van der Waals surface area contributed by atoms with Crippen molar-refractivity contribution in [2.45, 2.75) is 0 Å². The van der Waals surface area contributed by atoms with Crippen LogP contribution in [0, 0.1) is 5.41 Å². The standard InChI is InChI=1S/C3H5NS/c1-2-5-3-4/h2-4H,1H2. The molecule has 28 valence electrons. The van der Waals surface area contributed by atoms with Gasteiger partial charge in [0.2, 0.25) is 0 Å². The largest absolute Gasteiger partial charge is 0.302 e. The third-order valence-electron chi connectivity index (χ3n) is 0.164. The Labute approximate surface area is 35.6 Å². The van der Waals surface area contributed by atoms with Crippen LogP contribution in [-0.4, -0.2) is 5.55 Å². The molecule has 0 spiro atoms. The Morgan fingerprint density at radius 1 is 1.80 bits per heavy atom. The first-order valence-corrected chi connectivity index (χ1v) is 2.11. The molecule has 0 saturated heterocycles. The maximum Gasteiger partial charge on any atom is 0.0548 e. The fourth-order valence-electron chi connectivity index (χ4n) is 0.0481. The van der Waals surface area contributed by atoms with E-state index in [4.69, 9.17) is 5.41 Å². The second-order valence-corrected chi connectivity index (χ2v) is 1.26. The van der Waals surface area contributed by atoms with Gasteiger partial charge in [0.1, 0.15) is 0 Å². The Balaban J connectivity index is 2.65. The molecule has 0 aromatic heterocycles. The van der Waals surface area contributed by atoms with Crippen molar-refractivity contribution in [3.8, 4) is 0 Å². The van der Waals surface area contributed by atoms with E-state index >= 15 is 0 Å². The Morgan fingerprint density at radius 3 is 2.40 bits per heavy atom. The van der Waals surface area contributed by atoms with Crippen molar-refractivity contribution in [1.29, 1.82) is 5.41 Å². The smallest absolute Gasteiger partial charge is 0.0548 e. The first kappa shape index (κ1) is 4.76. The summed E-state index contributed by atoms with van der Waals surface area (Å²) in [6, 6.07) is 0. The fraction of sp³-hybridized carbons (Fsp3) is 0. The molecule has 0 atom stereocenters. The summed E-state index contributed by atoms with van der Waals surface area (Å²) < 4.78 is 0. The van der Waals surface area contributed by atoms with Gasteiger partial charge in [-0.3, -0.25) is 0 Å². The molecular formula is C3H5NS. The lowest BCUT2D eigenvalue weighted by Gasteiger charge is -1.63. The average molecular weight is 87.1 g/mol. The van der Waals surface area contributed by atoms with E-state index in [0.717, 1.165) is 0 Å². The first-order chi connectivity index (χ1) is 2.41. The molecule has 0 aromatic carbocycles. The van der Waals surface area contributed by atoms with Gasteiger partial charge >= 0.3 is 0 Å². The highest BCUT2D eigenvalue weighted by molar-refractivity contribution is 8.14. The summed E-state index contributed by atoms with van der Waals surface area (Å²) in [5, 5.41) is 7.97. The SMILES string of the molecule is C=CSC=N. The van der Waals surface area contributed by atoms with Crippen LogP contribution in [0.2, 0.25) is 0 Å². The van der Waals surface area contributed by atoms with E-state index in [0.29, 0.717) is 0 Å². The van der Waals surface area contributed by atoms with Gasteiger partial charge in [0.05, 0.1) is 5.55 Å². The second kappa shape index (κ2) is 3.76. The number of hydrogen-bond acceptors (Lipinski definition) is 2. The number of thioether (sulfide) groups is 1. The molecule has 0 aliphatic carbocycles. The van der Waals surface area contributed by atoms with Crippen LogP contribution >= 0.6 is 11.8 Å². The van der Waals surface area contributed by atoms with E-state index in [9.17, 15) is 0 Å². The zero-order chi connectivity index (χ0) is 4.12. The molecule has 0 rings (SSSR count). The van der Waals surface area contributed by atoms with E-state index in [1.807, 2.05) is 0 Å². The first-order valence-electron chi connectivity index (χ1n) is 1.17. The highest BCUT2D eigenvalue weighted by Crippen LogP contribution is 1.88. The normalized spacial score (nSPS) is 6.40. The van der Waals surface area contributed by atoms with Crippen LogP contribution < -0.4 is 0 Å². The van der Waals surface area contributed by atoms with Crippen molar-refractivity contribution >= 4 is 17.3 Å². The molecule has 1 N–H and O–H groups in total. The van der Waals surface area contributed by atoms with Gasteiger partial charge in [-0.1, -0.05) is 18.3 Å². The maximum absolute atomic E-state index is 6.37. The summed E-state index contributed by atoms with van der Waals surface area (Å²) in [7, 11) is 0. The molecule has 0 heterocycles. The number of rotatable bonds is 2. The van der Waals surface area contributed by atoms with Gasteiger partial charge in [-0.2, -0.15) is 0 Å². The van der Waals surface area contributed by atoms with Gasteiger partial charge in [-0.25, -0.2) is 0 Å². The van der Waals surface area contributed by atoms with Gasteiger partial charge in [0, 0.05) is 0 Å². The molecule has 0 amide bonds. The van der Waals surface area contributed by atoms with Crippen LogP contribution in [-0.2, 0) is 0 Å². The van der Waals surface area contributed by atoms with E-state index in [-0.39, 0.29) is 0 Å². The zero-order valence-corrected chi connectivity index (χ0v) is 3.59. The number of nitrogens with one attached hydrogen (secondary N) is 1. The van der Waals surface area contributed by atoms with Crippen molar-refractivity contribution in [2.75, 3.05) is 0 Å². The van der Waals surface area contributed by atoms with E-state index in [2.05, 4.69) is 6.58 Å². The molecule has 0 bridgehead atoms. The second-order valence-electron chi connectivity index (χ2n) is 0.421. The Bertz CT molecular complexity index is 36.2. The molecule has 2 heteroatoms. The van der Waals surface area contributed by atoms with Crippen LogP contribution in [0.3, 0.4) is 0 Å². The maximum atomic E-state index is 6.37. The highest BCUT2D eigenvalue weighted by Gasteiger charge is 1.54. The topological polar surface area (TPSA) is 23.9 Å². The predicted octanol–water partition coefficient (Wildman–Crippen LogP) is 1.47. The van der Waals surface area contributed by atoms with Crippen molar-refractivity contribution in [3.05, 3.63) is 12.0 Å². The quantitative estimate of drug-likeness (QED) is 0.400. The molecule has 0 aliphatic rings. The summed E-state index contributed by atoms with van der Waals surface area (Å²) in [5.74, 6) is 0. The molecule has 1 nitrogen and oxygen atoms in total. The van der Waals surface area contributed by atoms with Crippen molar-refractivity contribution in [3.63, 3.8) is 0 Å². The highest BCUT2D eigenvalue weighted by atomic mass is 32.2. The lowest BCUT2D eigenvalue weighted by molar-refractivity contribution is 1.60. The summed E-state index contributed by atoms with van der Waals surface area (Å²) in [6.45, 7) is 3.36. The summed E-state index contributed by atoms with van der Waals surface area (Å²) in [5.41, 5.74) is 1.23. The van der Waals surface area contributed by atoms with Crippen LogP contribution in [0.4, 0.5) is 0 Å². The van der Waals surface area contributed by atoms with E-state index in [1.165, 1.54) is 17.3 Å². The van der Waals surface area contributed by atoms with Gasteiger partial charge in [-0.15, -0.1) is 0 Å². The molecule has 0 aliphatic heterocycles. The monoisotopic (exact) mass is 87.0 g/mol. The van der Waals surface area contributed by atoms with Crippen LogP contribution in [0.15, 0.2) is 12.0 Å². The molecule has 5 heavy (non-hydrogen) atoms. The third kappa shape index (κ3) is 3.76. The van der Waals surface area contributed by atoms with E-state index < -0.39 is 0 Å². The van der Waals surface area contributed by atoms with Crippen LogP contribution in [0.25, 0.3) is 0 Å². The Hall–Kier alpha value is -0.240. The minimum absolute atomic E-state index is 1.23. The van der Waals surface area contributed by atoms with Crippen molar-refractivity contribution in [2.24, 2.45) is 0 Å². The zero-order valence-electron chi connectivity index (χ0n) is 2.77. The van der Waals surface area contributed by atoms with E-state index in [1.54, 1.807) is 5.41 Å². The molecule has 0 fully saturated rings. The Kier molecular flexibility index (Phi) is 3.58. The average Bonchev–Trinajstić information content (AvgIpc) is 1.41. The van der Waals surface area contributed by atoms with Crippen LogP contribution in [0.5, 0.6) is 0 Å². The lowest BCUT2D eigenvalue weighted by Crippen LogP contribution is -1.41. The molecule has 0 saturated carbocycles. The van der Waals surface area contributed by atoms with Gasteiger partial charge in [-0.05, 0) is 5.41 Å². The van der Waals surface area contributed by atoms with Gasteiger partial charge in [0.25, 0.3) is 0 Å². The lowest BCUT2D eigenvalue weighted by atomic mass is 11.3. The van der Waals surface area contributed by atoms with Gasteiger partial charge < -0.3 is 5.41 Å². The predicted molar refractivity (Wildman–Crippen MR) is 26.6 cm³/mol. The minimum atomic E-state index is 1.23. The minimum Gasteiger partial charge on any atom is -0.302 e. The number of hydrogen-bond donors (Lipinski definition) is 1. The fourth-order valence-corrected chi connectivity index (χ4v) is 0.144. The summed E-state index contributed by atoms with van der Waals surface area (Å²) in [4.78, 5) is 0. The summed E-state index contributed by atoms with van der Waals surface area (Å²) >= 11 is 1.27. The molecule has 0 aromatic rings. The molecule has 0 radical (unpaired) electrons.